The maximum Gasteiger partial charge on any atom is 0.336 e. The molecule has 0 aromatic heterocycles. The summed E-state index contributed by atoms with van der Waals surface area (Å²) in [6, 6.07) is 8.53. The first kappa shape index (κ1) is 23.8. The molecular formula is C22H29FN2O4S. The van der Waals surface area contributed by atoms with Crippen molar-refractivity contribution in [2.75, 3.05) is 4.90 Å². The average Bonchev–Trinajstić information content (AvgIpc) is 2.61. The second kappa shape index (κ2) is 8.73. The standard InChI is InChI=1S/C22H29FN2O4S/c1-14(2)19-13-17(23)9-12-20(19)25(15(3)4)21(26)24-30(28,29)18-10-7-16(8-11-18)22(5,6)27/h7-15,27H,1-6H3,(H,24,26). The molecule has 2 aromatic carbocycles. The Morgan fingerprint density at radius 3 is 2.10 bits per heavy atom. The lowest BCUT2D eigenvalue weighted by atomic mass is 9.99. The smallest absolute Gasteiger partial charge is 0.336 e. The van der Waals surface area contributed by atoms with Crippen LogP contribution in [0.25, 0.3) is 0 Å². The van der Waals surface area contributed by atoms with E-state index in [1.54, 1.807) is 27.7 Å². The molecule has 2 rings (SSSR count). The van der Waals surface area contributed by atoms with Crippen LogP contribution in [0.5, 0.6) is 0 Å². The quantitative estimate of drug-likeness (QED) is 0.699. The molecule has 164 valence electrons. The van der Waals surface area contributed by atoms with Crippen LogP contribution in [0.2, 0.25) is 0 Å². The molecule has 0 heterocycles. The first-order valence-electron chi connectivity index (χ1n) is 9.72. The van der Waals surface area contributed by atoms with Gasteiger partial charge >= 0.3 is 6.03 Å². The molecular weight excluding hydrogens is 407 g/mol. The molecule has 0 aliphatic rings. The fourth-order valence-electron chi connectivity index (χ4n) is 3.09. The Morgan fingerprint density at radius 2 is 1.63 bits per heavy atom. The molecule has 0 spiro atoms. The molecule has 0 saturated heterocycles. The zero-order chi connectivity index (χ0) is 22.9. The number of halogens is 1. The number of rotatable bonds is 6. The van der Waals surface area contributed by atoms with E-state index in [4.69, 9.17) is 0 Å². The minimum absolute atomic E-state index is 0.0734. The normalized spacial score (nSPS) is 12.3. The fourth-order valence-corrected chi connectivity index (χ4v) is 4.03. The number of hydrogen-bond donors (Lipinski definition) is 2. The summed E-state index contributed by atoms with van der Waals surface area (Å²) in [7, 11) is -4.15. The number of nitrogens with zero attached hydrogens (tertiary/aromatic N) is 1. The van der Waals surface area contributed by atoms with Crippen LogP contribution in [0, 0.1) is 5.82 Å². The maximum atomic E-state index is 13.7. The predicted molar refractivity (Wildman–Crippen MR) is 116 cm³/mol. The Morgan fingerprint density at radius 1 is 1.07 bits per heavy atom. The third-order valence-corrected chi connectivity index (χ3v) is 6.04. The van der Waals surface area contributed by atoms with Crippen LogP contribution in [0.4, 0.5) is 14.9 Å². The van der Waals surface area contributed by atoms with Crippen molar-refractivity contribution < 1.29 is 22.7 Å². The Balaban J connectivity index is 2.38. The van der Waals surface area contributed by atoms with E-state index in [1.807, 2.05) is 13.8 Å². The number of aliphatic hydroxyl groups is 1. The van der Waals surface area contributed by atoms with Gasteiger partial charge in [0.05, 0.1) is 10.5 Å². The molecule has 0 aliphatic carbocycles. The predicted octanol–water partition coefficient (Wildman–Crippen LogP) is 4.49. The van der Waals surface area contributed by atoms with E-state index in [0.717, 1.165) is 0 Å². The molecule has 2 N–H and O–H groups in total. The van der Waals surface area contributed by atoms with Gasteiger partial charge in [-0.3, -0.25) is 4.90 Å². The summed E-state index contributed by atoms with van der Waals surface area (Å²) in [6.45, 7) is 10.4. The van der Waals surface area contributed by atoms with Gasteiger partial charge in [-0.05, 0) is 75.1 Å². The van der Waals surface area contributed by atoms with Gasteiger partial charge in [-0.25, -0.2) is 22.3 Å². The highest BCUT2D eigenvalue weighted by Gasteiger charge is 2.28. The highest BCUT2D eigenvalue weighted by atomic mass is 32.2. The summed E-state index contributed by atoms with van der Waals surface area (Å²) in [4.78, 5) is 14.2. The van der Waals surface area contributed by atoms with Crippen molar-refractivity contribution in [1.29, 1.82) is 0 Å². The molecule has 30 heavy (non-hydrogen) atoms. The zero-order valence-electron chi connectivity index (χ0n) is 18.1. The highest BCUT2D eigenvalue weighted by molar-refractivity contribution is 7.90. The fraction of sp³-hybridized carbons (Fsp3) is 0.409. The lowest BCUT2D eigenvalue weighted by Gasteiger charge is -2.30. The third-order valence-electron chi connectivity index (χ3n) is 4.70. The van der Waals surface area contributed by atoms with Crippen LogP contribution in [0.3, 0.4) is 0 Å². The van der Waals surface area contributed by atoms with E-state index in [2.05, 4.69) is 4.72 Å². The van der Waals surface area contributed by atoms with Gasteiger partial charge in [0.25, 0.3) is 10.0 Å². The van der Waals surface area contributed by atoms with Crippen molar-refractivity contribution in [2.24, 2.45) is 0 Å². The number of sulfonamides is 1. The Hall–Kier alpha value is -2.45. The minimum Gasteiger partial charge on any atom is -0.386 e. The number of benzene rings is 2. The van der Waals surface area contributed by atoms with Crippen molar-refractivity contribution in [2.45, 2.75) is 64.0 Å². The first-order chi connectivity index (χ1) is 13.7. The van der Waals surface area contributed by atoms with Crippen LogP contribution in [-0.2, 0) is 15.6 Å². The summed E-state index contributed by atoms with van der Waals surface area (Å²) < 4.78 is 41.4. The lowest BCUT2D eigenvalue weighted by Crippen LogP contribution is -2.46. The van der Waals surface area contributed by atoms with Crippen molar-refractivity contribution in [1.82, 2.24) is 4.72 Å². The second-order valence-corrected chi connectivity index (χ2v) is 10.00. The van der Waals surface area contributed by atoms with E-state index in [1.165, 1.54) is 47.4 Å². The SMILES string of the molecule is CC(C)c1cc(F)ccc1N(C(=O)NS(=O)(=O)c1ccc(C(C)(C)O)cc1)C(C)C. The third kappa shape index (κ3) is 5.37. The molecule has 0 fully saturated rings. The molecule has 0 aliphatic heterocycles. The molecule has 2 aromatic rings. The highest BCUT2D eigenvalue weighted by Crippen LogP contribution is 2.30. The molecule has 0 unspecified atom stereocenters. The molecule has 2 amide bonds. The molecule has 0 radical (unpaired) electrons. The van der Waals surface area contributed by atoms with E-state index >= 15 is 0 Å². The van der Waals surface area contributed by atoms with Gasteiger partial charge < -0.3 is 5.11 Å². The van der Waals surface area contributed by atoms with Crippen LogP contribution in [-0.4, -0.2) is 25.6 Å². The number of amides is 2. The van der Waals surface area contributed by atoms with E-state index in [-0.39, 0.29) is 16.9 Å². The largest absolute Gasteiger partial charge is 0.386 e. The molecule has 0 saturated carbocycles. The van der Waals surface area contributed by atoms with E-state index < -0.39 is 27.5 Å². The second-order valence-electron chi connectivity index (χ2n) is 8.32. The van der Waals surface area contributed by atoms with Crippen LogP contribution in [0.1, 0.15) is 58.6 Å². The van der Waals surface area contributed by atoms with Crippen molar-refractivity contribution in [3.05, 3.63) is 59.4 Å². The summed E-state index contributed by atoms with van der Waals surface area (Å²) in [5.41, 5.74) is 0.484. The lowest BCUT2D eigenvalue weighted by molar-refractivity contribution is 0.0785. The van der Waals surface area contributed by atoms with E-state index in [0.29, 0.717) is 16.8 Å². The number of carbonyl (C=O) groups is 1. The average molecular weight is 437 g/mol. The summed E-state index contributed by atoms with van der Waals surface area (Å²) in [6.07, 6.45) is 0. The molecule has 8 heteroatoms. The number of urea groups is 1. The number of anilines is 1. The van der Waals surface area contributed by atoms with Crippen molar-refractivity contribution in [3.63, 3.8) is 0 Å². The van der Waals surface area contributed by atoms with Gasteiger partial charge in [0.2, 0.25) is 0 Å². The van der Waals surface area contributed by atoms with Crippen molar-refractivity contribution >= 4 is 21.7 Å². The van der Waals surface area contributed by atoms with E-state index in [9.17, 15) is 22.7 Å². The van der Waals surface area contributed by atoms with Crippen molar-refractivity contribution in [3.8, 4) is 0 Å². The number of hydrogen-bond acceptors (Lipinski definition) is 4. The molecule has 6 nitrogen and oxygen atoms in total. The molecule has 0 atom stereocenters. The first-order valence-corrected chi connectivity index (χ1v) is 11.2. The summed E-state index contributed by atoms with van der Waals surface area (Å²) in [5.74, 6) is -0.498. The Kier molecular flexibility index (Phi) is 6.94. The summed E-state index contributed by atoms with van der Waals surface area (Å²) in [5, 5.41) is 10.0. The van der Waals surface area contributed by atoms with Crippen LogP contribution >= 0.6 is 0 Å². The maximum absolute atomic E-state index is 13.7. The van der Waals surface area contributed by atoms with Gasteiger partial charge in [-0.1, -0.05) is 26.0 Å². The monoisotopic (exact) mass is 436 g/mol. The number of nitrogens with one attached hydrogen (secondary N) is 1. The van der Waals surface area contributed by atoms with Crippen LogP contribution in [0.15, 0.2) is 47.4 Å². The topological polar surface area (TPSA) is 86.7 Å². The van der Waals surface area contributed by atoms with Gasteiger partial charge in [-0.15, -0.1) is 0 Å². The molecule has 0 bridgehead atoms. The Labute approximate surface area is 177 Å². The Bertz CT molecular complexity index is 1010. The van der Waals surface area contributed by atoms with Gasteiger partial charge in [0.15, 0.2) is 0 Å². The van der Waals surface area contributed by atoms with Gasteiger partial charge in [0, 0.05) is 11.7 Å². The van der Waals surface area contributed by atoms with Crippen LogP contribution < -0.4 is 9.62 Å². The summed E-state index contributed by atoms with van der Waals surface area (Å²) >= 11 is 0. The zero-order valence-corrected chi connectivity index (χ0v) is 18.9. The minimum atomic E-state index is -4.15. The van der Waals surface area contributed by atoms with Gasteiger partial charge in [-0.2, -0.15) is 0 Å². The van der Waals surface area contributed by atoms with Gasteiger partial charge in [0.1, 0.15) is 5.82 Å². The number of carbonyl (C=O) groups excluding carboxylic acids is 1.